The lowest BCUT2D eigenvalue weighted by Crippen LogP contribution is -2.61. The minimum absolute atomic E-state index is 0.171. The molecule has 0 radical (unpaired) electrons. The molecule has 5 nitrogen and oxygen atoms in total. The number of ether oxygens (including phenoxy) is 1. The molecule has 1 aliphatic heterocycles. The fraction of sp³-hybridized carbons (Fsp3) is 0.0541. The summed E-state index contributed by atoms with van der Waals surface area (Å²) in [6, 6.07) is 39.3. The molecule has 2 unspecified atom stereocenters. The molecule has 0 spiro atoms. The Kier molecular flexibility index (Phi) is 5.34. The van der Waals surface area contributed by atoms with Crippen LogP contribution in [0.2, 0.25) is 0 Å². The Morgan fingerprint density at radius 1 is 0.524 bits per heavy atom. The molecule has 0 bridgehead atoms. The molecule has 6 aromatic carbocycles. The summed E-state index contributed by atoms with van der Waals surface area (Å²) in [6.07, 6.45) is -0.815. The first-order valence-electron chi connectivity index (χ1n) is 13.9. The minimum atomic E-state index is -0.815. The Labute approximate surface area is 241 Å². The number of carbonyl (C=O) groups is 3. The van der Waals surface area contributed by atoms with Crippen LogP contribution < -0.4 is 9.64 Å². The number of carbonyl (C=O) groups excluding carboxylic acids is 3. The molecule has 1 amide bonds. The molecule has 0 aromatic heterocycles. The van der Waals surface area contributed by atoms with E-state index < -0.39 is 12.1 Å². The van der Waals surface area contributed by atoms with Crippen LogP contribution in [-0.2, 0) is 4.79 Å². The highest BCUT2D eigenvalue weighted by molar-refractivity contribution is 6.28. The second-order valence-electron chi connectivity index (χ2n) is 10.7. The Bertz CT molecular complexity index is 2110. The topological polar surface area (TPSA) is 63.7 Å². The number of amides is 1. The van der Waals surface area contributed by atoms with Crippen LogP contribution in [0.1, 0.15) is 43.4 Å². The standard InChI is InChI=1S/C37H23NO4/c39-34-28-13-5-6-14-29(28)35(40)31-21-25(17-19-30(31)34)33-36(42-26-18-16-22-8-1-2-10-24(22)20-26)37(41)38(33)32-15-7-11-23-9-3-4-12-27(23)32/h1-21,33,36H. The van der Waals surface area contributed by atoms with Gasteiger partial charge in [0.25, 0.3) is 5.91 Å². The summed E-state index contributed by atoms with van der Waals surface area (Å²) in [4.78, 5) is 42.5. The van der Waals surface area contributed by atoms with Crippen LogP contribution in [0.15, 0.2) is 127 Å². The maximum absolute atomic E-state index is 13.9. The van der Waals surface area contributed by atoms with Gasteiger partial charge in [-0.3, -0.25) is 19.3 Å². The highest BCUT2D eigenvalue weighted by Gasteiger charge is 2.52. The molecule has 5 heteroatoms. The van der Waals surface area contributed by atoms with E-state index in [1.165, 1.54) is 0 Å². The molecule has 2 aliphatic rings. The predicted molar refractivity (Wildman–Crippen MR) is 162 cm³/mol. The lowest BCUT2D eigenvalue weighted by atomic mass is 9.81. The molecule has 2 atom stereocenters. The number of ketones is 2. The summed E-state index contributed by atoms with van der Waals surface area (Å²) >= 11 is 0. The number of nitrogens with zero attached hydrogens (tertiary/aromatic N) is 1. The smallest absolute Gasteiger partial charge is 0.271 e. The van der Waals surface area contributed by atoms with Gasteiger partial charge in [-0.15, -0.1) is 0 Å². The SMILES string of the molecule is O=C1c2ccccc2C(=O)c2cc(C3C(Oc4ccc5ccccc5c4)C(=O)N3c3cccc4ccccc34)ccc21. The van der Waals surface area contributed by atoms with E-state index in [0.29, 0.717) is 28.0 Å². The van der Waals surface area contributed by atoms with Crippen molar-refractivity contribution >= 4 is 44.7 Å². The average Bonchev–Trinajstić information content (AvgIpc) is 3.04. The van der Waals surface area contributed by atoms with Gasteiger partial charge in [0.15, 0.2) is 11.6 Å². The number of anilines is 1. The maximum Gasteiger partial charge on any atom is 0.271 e. The third-order valence-electron chi connectivity index (χ3n) is 8.35. The zero-order valence-corrected chi connectivity index (χ0v) is 22.4. The molecular weight excluding hydrogens is 522 g/mol. The van der Waals surface area contributed by atoms with E-state index in [4.69, 9.17) is 4.74 Å². The molecule has 1 fully saturated rings. The first-order chi connectivity index (χ1) is 20.6. The van der Waals surface area contributed by atoms with E-state index in [2.05, 4.69) is 0 Å². The highest BCUT2D eigenvalue weighted by Crippen LogP contribution is 2.45. The van der Waals surface area contributed by atoms with E-state index in [1.54, 1.807) is 41.3 Å². The van der Waals surface area contributed by atoms with E-state index in [-0.39, 0.29) is 17.5 Å². The van der Waals surface area contributed by atoms with Crippen molar-refractivity contribution in [3.05, 3.63) is 155 Å². The van der Waals surface area contributed by atoms with Gasteiger partial charge in [-0.2, -0.15) is 0 Å². The van der Waals surface area contributed by atoms with Crippen molar-refractivity contribution in [2.24, 2.45) is 0 Å². The number of hydrogen-bond acceptors (Lipinski definition) is 4. The van der Waals surface area contributed by atoms with E-state index in [9.17, 15) is 14.4 Å². The Hall–Kier alpha value is -5.55. The van der Waals surface area contributed by atoms with Gasteiger partial charge in [0.05, 0.1) is 5.69 Å². The predicted octanol–water partition coefficient (Wildman–Crippen LogP) is 7.30. The van der Waals surface area contributed by atoms with Crippen molar-refractivity contribution in [3.8, 4) is 5.75 Å². The lowest BCUT2D eigenvalue weighted by Gasteiger charge is -2.47. The Morgan fingerprint density at radius 3 is 1.98 bits per heavy atom. The number of hydrogen-bond donors (Lipinski definition) is 0. The molecule has 200 valence electrons. The first kappa shape index (κ1) is 24.3. The van der Waals surface area contributed by atoms with Gasteiger partial charge < -0.3 is 4.74 Å². The summed E-state index contributed by atoms with van der Waals surface area (Å²) in [6.45, 7) is 0. The van der Waals surface area contributed by atoms with Crippen LogP contribution in [0.5, 0.6) is 5.75 Å². The molecule has 0 saturated carbocycles. The highest BCUT2D eigenvalue weighted by atomic mass is 16.5. The molecular formula is C37H23NO4. The lowest BCUT2D eigenvalue weighted by molar-refractivity contribution is -0.135. The second-order valence-corrected chi connectivity index (χ2v) is 10.7. The quantitative estimate of drug-likeness (QED) is 0.218. The van der Waals surface area contributed by atoms with Crippen LogP contribution in [-0.4, -0.2) is 23.6 Å². The van der Waals surface area contributed by atoms with Crippen molar-refractivity contribution in [1.29, 1.82) is 0 Å². The van der Waals surface area contributed by atoms with E-state index in [0.717, 1.165) is 32.8 Å². The van der Waals surface area contributed by atoms with Gasteiger partial charge in [0, 0.05) is 27.6 Å². The van der Waals surface area contributed by atoms with E-state index >= 15 is 0 Å². The summed E-state index contributed by atoms with van der Waals surface area (Å²) in [5.41, 5.74) is 3.03. The zero-order chi connectivity index (χ0) is 28.4. The largest absolute Gasteiger partial charge is 0.478 e. The average molecular weight is 546 g/mol. The maximum atomic E-state index is 13.9. The summed E-state index contributed by atoms with van der Waals surface area (Å²) in [5, 5.41) is 4.06. The number of β-lactam (4-membered cyclic amide) rings is 1. The Morgan fingerprint density at radius 2 is 1.17 bits per heavy atom. The zero-order valence-electron chi connectivity index (χ0n) is 22.4. The van der Waals surface area contributed by atoms with Gasteiger partial charge in [-0.25, -0.2) is 0 Å². The third-order valence-corrected chi connectivity index (χ3v) is 8.35. The van der Waals surface area contributed by atoms with Crippen LogP contribution >= 0.6 is 0 Å². The van der Waals surface area contributed by atoms with Gasteiger partial charge in [0.1, 0.15) is 11.8 Å². The summed E-state index contributed by atoms with van der Waals surface area (Å²) < 4.78 is 6.41. The van der Waals surface area contributed by atoms with Crippen molar-refractivity contribution in [1.82, 2.24) is 0 Å². The molecule has 1 heterocycles. The van der Waals surface area contributed by atoms with Crippen molar-refractivity contribution < 1.29 is 19.1 Å². The first-order valence-corrected chi connectivity index (χ1v) is 13.9. The molecule has 42 heavy (non-hydrogen) atoms. The Balaban J connectivity index is 1.25. The van der Waals surface area contributed by atoms with Crippen molar-refractivity contribution in [2.45, 2.75) is 12.1 Å². The normalized spacial score (nSPS) is 17.6. The van der Waals surface area contributed by atoms with E-state index in [1.807, 2.05) is 91.0 Å². The fourth-order valence-corrected chi connectivity index (χ4v) is 6.28. The monoisotopic (exact) mass is 545 g/mol. The number of fused-ring (bicyclic) bond motifs is 4. The van der Waals surface area contributed by atoms with Crippen LogP contribution in [0.4, 0.5) is 5.69 Å². The fourth-order valence-electron chi connectivity index (χ4n) is 6.28. The second kappa shape index (κ2) is 9.25. The summed E-state index contributed by atoms with van der Waals surface area (Å²) in [7, 11) is 0. The molecule has 1 saturated heterocycles. The molecule has 1 aliphatic carbocycles. The summed E-state index contributed by atoms with van der Waals surface area (Å²) in [5.74, 6) is 0.0467. The van der Waals surface area contributed by atoms with Crippen LogP contribution in [0.25, 0.3) is 21.5 Å². The third kappa shape index (κ3) is 3.60. The van der Waals surface area contributed by atoms with Gasteiger partial charge in [-0.1, -0.05) is 97.1 Å². The molecule has 8 rings (SSSR count). The number of rotatable bonds is 4. The van der Waals surface area contributed by atoms with Crippen LogP contribution in [0.3, 0.4) is 0 Å². The minimum Gasteiger partial charge on any atom is -0.478 e. The molecule has 6 aromatic rings. The van der Waals surface area contributed by atoms with Crippen LogP contribution in [0, 0.1) is 0 Å². The van der Waals surface area contributed by atoms with Crippen molar-refractivity contribution in [2.75, 3.05) is 4.90 Å². The van der Waals surface area contributed by atoms with Gasteiger partial charge in [-0.05, 0) is 52.1 Å². The molecule has 0 N–H and O–H groups in total. The van der Waals surface area contributed by atoms with Gasteiger partial charge in [0.2, 0.25) is 6.10 Å². The number of benzene rings is 6. The van der Waals surface area contributed by atoms with Crippen molar-refractivity contribution in [3.63, 3.8) is 0 Å². The van der Waals surface area contributed by atoms with Gasteiger partial charge >= 0.3 is 0 Å².